The van der Waals surface area contributed by atoms with Gasteiger partial charge in [0.25, 0.3) is 11.6 Å². The Morgan fingerprint density at radius 3 is 2.52 bits per heavy atom. The number of esters is 1. The summed E-state index contributed by atoms with van der Waals surface area (Å²) < 4.78 is 15.0. The topological polar surface area (TPSA) is 129 Å². The molecule has 0 radical (unpaired) electrons. The summed E-state index contributed by atoms with van der Waals surface area (Å²) in [5.41, 5.74) is 2.87. The maximum absolute atomic E-state index is 12.0. The molecule has 0 aromatic heterocycles. The summed E-state index contributed by atoms with van der Waals surface area (Å²) >= 11 is 6.16. The Morgan fingerprint density at radius 1 is 1.24 bits per heavy atom. The fourth-order valence-electron chi connectivity index (χ4n) is 2.11. The number of hydrazone groups is 1. The minimum Gasteiger partial charge on any atom is -0.493 e. The smallest absolute Gasteiger partial charge is 0.343 e. The maximum Gasteiger partial charge on any atom is 0.343 e. The quantitative estimate of drug-likeness (QED) is 0.300. The zero-order chi connectivity index (χ0) is 21.4. The van der Waals surface area contributed by atoms with Crippen LogP contribution < -0.4 is 14.9 Å². The molecule has 0 spiro atoms. The molecule has 0 aliphatic carbocycles. The molecule has 2 rings (SSSR count). The molecule has 152 valence electrons. The van der Waals surface area contributed by atoms with E-state index in [-0.39, 0.29) is 34.4 Å². The van der Waals surface area contributed by atoms with Gasteiger partial charge in [0.2, 0.25) is 0 Å². The van der Waals surface area contributed by atoms with E-state index in [0.29, 0.717) is 5.56 Å². The summed E-state index contributed by atoms with van der Waals surface area (Å²) in [6, 6.07) is 8.11. The molecule has 0 saturated heterocycles. The maximum atomic E-state index is 12.0. The van der Waals surface area contributed by atoms with E-state index in [1.807, 2.05) is 0 Å². The van der Waals surface area contributed by atoms with Crippen molar-refractivity contribution in [3.8, 4) is 11.5 Å². The average Bonchev–Trinajstić information content (AvgIpc) is 2.72. The van der Waals surface area contributed by atoms with Crippen LogP contribution in [0, 0.1) is 10.1 Å². The van der Waals surface area contributed by atoms with E-state index >= 15 is 0 Å². The van der Waals surface area contributed by atoms with Crippen molar-refractivity contribution in [2.24, 2.45) is 5.10 Å². The number of hydrogen-bond acceptors (Lipinski definition) is 8. The number of nitro benzene ring substituents is 1. The SMILES string of the molecule is COC(=O)COc1c(Cl)cc(/C=N/NC(=O)c2ccc([N+](=O)[O-])cc2)cc1OC. The molecule has 0 heterocycles. The Labute approximate surface area is 170 Å². The van der Waals surface area contributed by atoms with Crippen molar-refractivity contribution in [2.45, 2.75) is 0 Å². The predicted molar refractivity (Wildman–Crippen MR) is 104 cm³/mol. The summed E-state index contributed by atoms with van der Waals surface area (Å²) in [5, 5.41) is 14.6. The molecule has 0 saturated carbocycles. The lowest BCUT2D eigenvalue weighted by Crippen LogP contribution is -2.17. The van der Waals surface area contributed by atoms with Crippen molar-refractivity contribution in [1.29, 1.82) is 0 Å². The zero-order valence-corrected chi connectivity index (χ0v) is 16.1. The second-order valence-electron chi connectivity index (χ2n) is 5.40. The lowest BCUT2D eigenvalue weighted by molar-refractivity contribution is -0.384. The summed E-state index contributed by atoms with van der Waals surface area (Å²) in [4.78, 5) is 33.3. The van der Waals surface area contributed by atoms with Gasteiger partial charge in [0, 0.05) is 17.7 Å². The van der Waals surface area contributed by atoms with E-state index in [0.717, 1.165) is 0 Å². The van der Waals surface area contributed by atoms with Crippen molar-refractivity contribution in [3.05, 3.63) is 62.7 Å². The molecule has 0 bridgehead atoms. The molecule has 29 heavy (non-hydrogen) atoms. The first kappa shape index (κ1) is 21.6. The van der Waals surface area contributed by atoms with Crippen molar-refractivity contribution in [2.75, 3.05) is 20.8 Å². The first-order valence-corrected chi connectivity index (χ1v) is 8.38. The highest BCUT2D eigenvalue weighted by Crippen LogP contribution is 2.36. The second-order valence-corrected chi connectivity index (χ2v) is 5.81. The molecule has 0 aliphatic rings. The summed E-state index contributed by atoms with van der Waals surface area (Å²) in [5.74, 6) is -0.717. The third kappa shape index (κ3) is 5.91. The highest BCUT2D eigenvalue weighted by molar-refractivity contribution is 6.32. The number of halogens is 1. The predicted octanol–water partition coefficient (Wildman–Crippen LogP) is 2.57. The van der Waals surface area contributed by atoms with Gasteiger partial charge in [0.05, 0.1) is 30.4 Å². The first-order chi connectivity index (χ1) is 13.8. The molecule has 0 aliphatic heterocycles. The van der Waals surface area contributed by atoms with Gasteiger partial charge in [-0.1, -0.05) is 11.6 Å². The Balaban J connectivity index is 2.07. The minimum absolute atomic E-state index is 0.124. The molecule has 1 amide bonds. The van der Waals surface area contributed by atoms with E-state index < -0.39 is 16.8 Å². The standard InChI is InChI=1S/C18H16ClN3O7/c1-27-15-8-11(7-14(19)17(15)29-10-16(23)28-2)9-20-21-18(24)12-3-5-13(6-4-12)22(25)26/h3-9H,10H2,1-2H3,(H,21,24)/b20-9+. The van der Waals surface area contributed by atoms with E-state index in [4.69, 9.17) is 21.1 Å². The number of nitrogens with one attached hydrogen (secondary N) is 1. The Hall–Kier alpha value is -3.66. The number of nitro groups is 1. The molecule has 2 aromatic rings. The Kier molecular flexibility index (Phi) is 7.49. The van der Waals surface area contributed by atoms with Gasteiger partial charge in [0.15, 0.2) is 18.1 Å². The van der Waals surface area contributed by atoms with Crippen LogP contribution in [0.5, 0.6) is 11.5 Å². The fraction of sp³-hybridized carbons (Fsp3) is 0.167. The molecule has 0 unspecified atom stereocenters. The lowest BCUT2D eigenvalue weighted by Gasteiger charge is -2.12. The van der Waals surface area contributed by atoms with Crippen LogP contribution in [0.1, 0.15) is 15.9 Å². The monoisotopic (exact) mass is 421 g/mol. The zero-order valence-electron chi connectivity index (χ0n) is 15.4. The number of ether oxygens (including phenoxy) is 3. The van der Waals surface area contributed by atoms with Gasteiger partial charge in [-0.2, -0.15) is 5.10 Å². The van der Waals surface area contributed by atoms with Crippen LogP contribution in [0.25, 0.3) is 0 Å². The van der Waals surface area contributed by atoms with Crippen molar-refractivity contribution in [1.82, 2.24) is 5.43 Å². The highest BCUT2D eigenvalue weighted by atomic mass is 35.5. The molecule has 1 N–H and O–H groups in total. The van der Waals surface area contributed by atoms with E-state index in [2.05, 4.69) is 15.3 Å². The van der Waals surface area contributed by atoms with Crippen LogP contribution in [0.2, 0.25) is 5.02 Å². The number of benzene rings is 2. The summed E-state index contributed by atoms with van der Waals surface area (Å²) in [6.07, 6.45) is 1.32. The van der Waals surface area contributed by atoms with Crippen LogP contribution >= 0.6 is 11.6 Å². The number of methoxy groups -OCH3 is 2. The average molecular weight is 422 g/mol. The van der Waals surface area contributed by atoms with Gasteiger partial charge in [-0.3, -0.25) is 14.9 Å². The minimum atomic E-state index is -0.581. The van der Waals surface area contributed by atoms with Gasteiger partial charge in [-0.05, 0) is 29.8 Å². The number of rotatable bonds is 8. The number of nitrogens with zero attached hydrogens (tertiary/aromatic N) is 2. The third-order valence-corrected chi connectivity index (χ3v) is 3.81. The van der Waals surface area contributed by atoms with Crippen molar-refractivity contribution in [3.63, 3.8) is 0 Å². The van der Waals surface area contributed by atoms with Gasteiger partial charge >= 0.3 is 5.97 Å². The van der Waals surface area contributed by atoms with Gasteiger partial charge in [0.1, 0.15) is 0 Å². The molecular weight excluding hydrogens is 406 g/mol. The van der Waals surface area contributed by atoms with E-state index in [1.54, 1.807) is 6.07 Å². The van der Waals surface area contributed by atoms with E-state index in [9.17, 15) is 19.7 Å². The van der Waals surface area contributed by atoms with Gasteiger partial charge in [-0.25, -0.2) is 10.2 Å². The highest BCUT2D eigenvalue weighted by Gasteiger charge is 2.14. The normalized spacial score (nSPS) is 10.4. The number of amides is 1. The second kappa shape index (κ2) is 10.0. The van der Waals surface area contributed by atoms with Crippen LogP contribution in [0.4, 0.5) is 5.69 Å². The Bertz CT molecular complexity index is 945. The van der Waals surface area contributed by atoms with Crippen LogP contribution in [0.15, 0.2) is 41.5 Å². The molecule has 10 nitrogen and oxygen atoms in total. The first-order valence-electron chi connectivity index (χ1n) is 8.00. The summed E-state index contributed by atoms with van der Waals surface area (Å²) in [6.45, 7) is -0.342. The molecule has 2 aromatic carbocycles. The van der Waals surface area contributed by atoms with Crippen molar-refractivity contribution >= 4 is 35.4 Å². The number of carbonyl (C=O) groups excluding carboxylic acids is 2. The fourth-order valence-corrected chi connectivity index (χ4v) is 2.38. The molecule has 11 heteroatoms. The van der Waals surface area contributed by atoms with Crippen molar-refractivity contribution < 1.29 is 28.7 Å². The van der Waals surface area contributed by atoms with Crippen LogP contribution in [0.3, 0.4) is 0 Å². The number of non-ortho nitro benzene ring substituents is 1. The van der Waals surface area contributed by atoms with Crippen LogP contribution in [-0.2, 0) is 9.53 Å². The van der Waals surface area contributed by atoms with Crippen LogP contribution in [-0.4, -0.2) is 43.8 Å². The number of hydrogen-bond donors (Lipinski definition) is 1. The Morgan fingerprint density at radius 2 is 1.93 bits per heavy atom. The summed E-state index contributed by atoms with van der Waals surface area (Å²) in [7, 11) is 2.63. The molecular formula is C18H16ClN3O7. The number of carbonyl (C=O) groups is 2. The molecule has 0 fully saturated rings. The lowest BCUT2D eigenvalue weighted by atomic mass is 10.2. The molecule has 0 atom stereocenters. The largest absolute Gasteiger partial charge is 0.493 e. The van der Waals surface area contributed by atoms with E-state index in [1.165, 1.54) is 50.8 Å². The van der Waals surface area contributed by atoms with Gasteiger partial charge < -0.3 is 14.2 Å². The third-order valence-electron chi connectivity index (χ3n) is 3.53. The van der Waals surface area contributed by atoms with Gasteiger partial charge in [-0.15, -0.1) is 0 Å².